The van der Waals surface area contributed by atoms with E-state index in [1.54, 1.807) is 41.5 Å². The van der Waals surface area contributed by atoms with Gasteiger partial charge in [0.25, 0.3) is 0 Å². The third-order valence-corrected chi connectivity index (χ3v) is 3.02. The number of carbonyl (C=O) groups excluding carboxylic acids is 3. The highest BCUT2D eigenvalue weighted by Gasteiger charge is 2.44. The fourth-order valence-corrected chi connectivity index (χ4v) is 2.06. The van der Waals surface area contributed by atoms with Crippen LogP contribution >= 0.6 is 0 Å². The minimum atomic E-state index is -1.20. The van der Waals surface area contributed by atoms with E-state index in [1.165, 1.54) is 6.08 Å². The van der Waals surface area contributed by atoms with Crippen molar-refractivity contribution >= 4 is 17.5 Å². The Kier molecular flexibility index (Phi) is 3.52. The lowest BCUT2D eigenvalue weighted by Crippen LogP contribution is -2.38. The molecule has 1 aliphatic rings. The molecule has 0 unspecified atom stereocenters. The number of Topliss-reactive ketones (excluding diaryl/α,β-unsaturated/α-hetero) is 2. The van der Waals surface area contributed by atoms with Crippen molar-refractivity contribution in [3.05, 3.63) is 11.6 Å². The van der Waals surface area contributed by atoms with Crippen LogP contribution in [0.5, 0.6) is 0 Å². The molecule has 0 aromatic heterocycles. The summed E-state index contributed by atoms with van der Waals surface area (Å²) >= 11 is 0. The zero-order valence-electron chi connectivity index (χ0n) is 11.8. The van der Waals surface area contributed by atoms with Crippen LogP contribution in [0.1, 0.15) is 41.5 Å². The highest BCUT2D eigenvalue weighted by Crippen LogP contribution is 2.32. The van der Waals surface area contributed by atoms with E-state index in [9.17, 15) is 14.4 Å². The minimum absolute atomic E-state index is 0.0148. The number of ether oxygens (including phenoxy) is 1. The predicted octanol–water partition coefficient (Wildman–Crippen LogP) is 2.07. The van der Waals surface area contributed by atoms with Crippen LogP contribution in [0.4, 0.5) is 0 Å². The van der Waals surface area contributed by atoms with Crippen LogP contribution in [-0.2, 0) is 19.1 Å². The lowest BCUT2D eigenvalue weighted by Gasteiger charge is -2.23. The predicted molar refractivity (Wildman–Crippen MR) is 66.9 cm³/mol. The number of ketones is 2. The molecule has 4 nitrogen and oxygen atoms in total. The molecule has 0 spiro atoms. The molecule has 0 saturated heterocycles. The Morgan fingerprint density at radius 1 is 1.28 bits per heavy atom. The third kappa shape index (κ3) is 2.52. The van der Waals surface area contributed by atoms with Gasteiger partial charge in [-0.3, -0.25) is 9.59 Å². The first-order valence-electron chi connectivity index (χ1n) is 6.04. The van der Waals surface area contributed by atoms with Gasteiger partial charge in [0.15, 0.2) is 5.78 Å². The molecule has 0 fully saturated rings. The summed E-state index contributed by atoms with van der Waals surface area (Å²) in [5.74, 6) is -1.53. The van der Waals surface area contributed by atoms with Crippen molar-refractivity contribution in [2.45, 2.75) is 47.1 Å². The molecular weight excluding hydrogens is 233 g/mol. The van der Waals surface area contributed by atoms with Crippen LogP contribution in [0, 0.1) is 11.3 Å². The summed E-state index contributed by atoms with van der Waals surface area (Å²) in [6.45, 7) is 9.98. The fraction of sp³-hybridized carbons (Fsp3) is 0.643. The number of hydrogen-bond acceptors (Lipinski definition) is 4. The Morgan fingerprint density at radius 3 is 2.11 bits per heavy atom. The summed E-state index contributed by atoms with van der Waals surface area (Å²) in [7, 11) is 0. The van der Waals surface area contributed by atoms with Gasteiger partial charge in [-0.05, 0) is 33.8 Å². The van der Waals surface area contributed by atoms with Crippen molar-refractivity contribution in [1.82, 2.24) is 0 Å². The average Bonchev–Trinajstić information content (AvgIpc) is 2.49. The molecule has 0 bridgehead atoms. The number of esters is 1. The van der Waals surface area contributed by atoms with Gasteiger partial charge in [0.05, 0.1) is 5.41 Å². The Labute approximate surface area is 107 Å². The summed E-state index contributed by atoms with van der Waals surface area (Å²) in [6.07, 6.45) is 1.49. The van der Waals surface area contributed by atoms with Crippen LogP contribution < -0.4 is 0 Å². The van der Waals surface area contributed by atoms with Gasteiger partial charge in [0.1, 0.15) is 17.0 Å². The molecule has 0 aromatic carbocycles. The van der Waals surface area contributed by atoms with E-state index in [0.717, 1.165) is 0 Å². The van der Waals surface area contributed by atoms with Gasteiger partial charge < -0.3 is 4.74 Å². The average molecular weight is 253 g/mol. The van der Waals surface area contributed by atoms with Gasteiger partial charge >= 0.3 is 5.97 Å². The summed E-state index contributed by atoms with van der Waals surface area (Å²) in [5, 5.41) is 0. The first-order chi connectivity index (χ1) is 7.99. The lowest BCUT2D eigenvalue weighted by atomic mass is 9.77. The quantitative estimate of drug-likeness (QED) is 0.333. The SMILES string of the molecule is CC(C)C(=O)C(C)(C)C(=O)C1=CC(C)(C)O[13C]1=O. The molecule has 1 heterocycles. The van der Waals surface area contributed by atoms with E-state index in [1.807, 2.05) is 0 Å². The van der Waals surface area contributed by atoms with Gasteiger partial charge in [0.2, 0.25) is 0 Å². The second-order valence-electron chi connectivity index (χ2n) is 6.02. The maximum Gasteiger partial charge on any atom is 0.342 e. The maximum atomic E-state index is 12.3. The molecule has 0 saturated carbocycles. The maximum absolute atomic E-state index is 12.3. The van der Waals surface area contributed by atoms with Crippen LogP contribution in [0.2, 0.25) is 0 Å². The normalized spacial score (nSPS) is 18.6. The number of carbonyl (C=O) groups is 3. The van der Waals surface area contributed by atoms with E-state index < -0.39 is 22.8 Å². The number of cyclic esters (lactones) is 1. The molecule has 0 atom stereocenters. The second-order valence-corrected chi connectivity index (χ2v) is 6.02. The standard InChI is InChI=1S/C14H20O4/c1-8(2)10(15)14(5,6)11(16)9-7-13(3,4)18-12(9)17/h7-8H,1-6H3/i12+1. The zero-order chi connectivity index (χ0) is 14.3. The second kappa shape index (κ2) is 4.34. The molecule has 0 aliphatic carbocycles. The van der Waals surface area contributed by atoms with Crippen LogP contribution in [-0.4, -0.2) is 23.1 Å². The molecule has 0 radical (unpaired) electrons. The van der Waals surface area contributed by atoms with Crippen molar-refractivity contribution < 1.29 is 19.1 Å². The molecule has 18 heavy (non-hydrogen) atoms. The van der Waals surface area contributed by atoms with Crippen molar-refractivity contribution in [3.63, 3.8) is 0 Å². The molecule has 0 amide bonds. The lowest BCUT2D eigenvalue weighted by molar-refractivity contribution is -0.146. The zero-order valence-corrected chi connectivity index (χ0v) is 11.8. The van der Waals surface area contributed by atoms with Crippen LogP contribution in [0.3, 0.4) is 0 Å². The summed E-state index contributed by atoms with van der Waals surface area (Å²) in [5.41, 5.74) is -1.99. The monoisotopic (exact) mass is 253 g/mol. The topological polar surface area (TPSA) is 60.4 Å². The van der Waals surface area contributed by atoms with Crippen molar-refractivity contribution in [3.8, 4) is 0 Å². The van der Waals surface area contributed by atoms with Gasteiger partial charge in [0, 0.05) is 5.92 Å². The van der Waals surface area contributed by atoms with E-state index >= 15 is 0 Å². The Hall–Kier alpha value is -1.45. The largest absolute Gasteiger partial charge is 0.452 e. The molecule has 0 aromatic rings. The third-order valence-electron chi connectivity index (χ3n) is 3.02. The van der Waals surface area contributed by atoms with Gasteiger partial charge in [-0.25, -0.2) is 4.79 Å². The molecule has 4 heteroatoms. The molecular formula is C14H20O4. The Balaban J connectivity index is 3.09. The summed E-state index contributed by atoms with van der Waals surface area (Å²) < 4.78 is 5.05. The Bertz CT molecular complexity index is 439. The molecule has 1 aliphatic heterocycles. The first kappa shape index (κ1) is 14.6. The molecule has 100 valence electrons. The smallest absolute Gasteiger partial charge is 0.342 e. The van der Waals surface area contributed by atoms with Crippen LogP contribution in [0.15, 0.2) is 11.6 Å². The number of hydrogen-bond donors (Lipinski definition) is 0. The van der Waals surface area contributed by atoms with E-state index in [0.29, 0.717) is 0 Å². The van der Waals surface area contributed by atoms with E-state index in [-0.39, 0.29) is 17.3 Å². The summed E-state index contributed by atoms with van der Waals surface area (Å²) in [6, 6.07) is 0. The van der Waals surface area contributed by atoms with E-state index in [4.69, 9.17) is 4.74 Å². The Morgan fingerprint density at radius 2 is 1.78 bits per heavy atom. The van der Waals surface area contributed by atoms with Crippen molar-refractivity contribution in [2.75, 3.05) is 0 Å². The van der Waals surface area contributed by atoms with Gasteiger partial charge in [-0.2, -0.15) is 0 Å². The summed E-state index contributed by atoms with van der Waals surface area (Å²) in [4.78, 5) is 36.0. The number of rotatable bonds is 4. The molecule has 1 rings (SSSR count). The van der Waals surface area contributed by atoms with Gasteiger partial charge in [-0.1, -0.05) is 13.8 Å². The van der Waals surface area contributed by atoms with Crippen molar-refractivity contribution in [1.29, 1.82) is 0 Å². The minimum Gasteiger partial charge on any atom is -0.452 e. The van der Waals surface area contributed by atoms with Crippen LogP contribution in [0.25, 0.3) is 0 Å². The fourth-order valence-electron chi connectivity index (χ4n) is 2.06. The van der Waals surface area contributed by atoms with Crippen molar-refractivity contribution in [2.24, 2.45) is 11.3 Å². The van der Waals surface area contributed by atoms with E-state index in [2.05, 4.69) is 0 Å². The first-order valence-corrected chi connectivity index (χ1v) is 6.04. The highest BCUT2D eigenvalue weighted by atomic mass is 16.6. The van der Waals surface area contributed by atoms with Gasteiger partial charge in [-0.15, -0.1) is 0 Å². The molecule has 0 N–H and O–H groups in total. The highest BCUT2D eigenvalue weighted by molar-refractivity contribution is 6.26.